The lowest BCUT2D eigenvalue weighted by Crippen LogP contribution is -2.22. The molecular weight excluding hydrogens is 416 g/mol. The van der Waals surface area contributed by atoms with E-state index in [2.05, 4.69) is 10.5 Å². The minimum absolute atomic E-state index is 0.323. The maximum absolute atomic E-state index is 12.1. The molecular formula is C27H28N2O4. The molecule has 1 amide bonds. The van der Waals surface area contributed by atoms with Crippen molar-refractivity contribution in [2.75, 3.05) is 20.8 Å². The summed E-state index contributed by atoms with van der Waals surface area (Å²) in [6.07, 6.45) is 10.2. The van der Waals surface area contributed by atoms with Crippen LogP contribution in [0.3, 0.4) is 0 Å². The first-order valence-corrected chi connectivity index (χ1v) is 10.7. The van der Waals surface area contributed by atoms with Gasteiger partial charge in [0.05, 0.1) is 20.8 Å². The molecule has 6 nitrogen and oxygen atoms in total. The number of nitrogens with one attached hydrogen (secondary N) is 1. The fourth-order valence-corrected chi connectivity index (χ4v) is 3.18. The number of amides is 1. The highest BCUT2D eigenvalue weighted by atomic mass is 16.6. The molecule has 170 valence electrons. The predicted octanol–water partition coefficient (Wildman–Crippen LogP) is 4.77. The number of aryl methyl sites for hydroxylation is 1. The Morgan fingerprint density at radius 3 is 2.12 bits per heavy atom. The SMILES string of the molecule is COc1ccc(C(=CC=CC(=O)NOCCCc2cccnc2)c2ccc(OC)cc2)cc1. The second kappa shape index (κ2) is 12.8. The summed E-state index contributed by atoms with van der Waals surface area (Å²) in [4.78, 5) is 21.5. The lowest BCUT2D eigenvalue weighted by molar-refractivity contribution is -0.128. The van der Waals surface area contributed by atoms with Crippen LogP contribution in [0, 0.1) is 0 Å². The van der Waals surface area contributed by atoms with E-state index >= 15 is 0 Å². The molecule has 0 saturated carbocycles. The first-order valence-electron chi connectivity index (χ1n) is 10.7. The number of pyridine rings is 1. The Morgan fingerprint density at radius 1 is 0.939 bits per heavy atom. The van der Waals surface area contributed by atoms with Crippen molar-refractivity contribution in [3.63, 3.8) is 0 Å². The van der Waals surface area contributed by atoms with Gasteiger partial charge in [-0.2, -0.15) is 0 Å². The van der Waals surface area contributed by atoms with Crippen LogP contribution in [0.2, 0.25) is 0 Å². The van der Waals surface area contributed by atoms with Gasteiger partial charge in [0.2, 0.25) is 0 Å². The summed E-state index contributed by atoms with van der Waals surface area (Å²) in [7, 11) is 3.27. The molecule has 0 saturated heterocycles. The molecule has 0 spiro atoms. The van der Waals surface area contributed by atoms with Crippen LogP contribution in [0.25, 0.3) is 5.57 Å². The van der Waals surface area contributed by atoms with Crippen LogP contribution >= 0.6 is 0 Å². The predicted molar refractivity (Wildman–Crippen MR) is 129 cm³/mol. The molecule has 0 aliphatic heterocycles. The quantitative estimate of drug-likeness (QED) is 0.200. The Kier molecular flexibility index (Phi) is 9.24. The van der Waals surface area contributed by atoms with Gasteiger partial charge >= 0.3 is 0 Å². The molecule has 0 aliphatic rings. The van der Waals surface area contributed by atoms with E-state index in [-0.39, 0.29) is 5.91 Å². The number of methoxy groups -OCH3 is 2. The van der Waals surface area contributed by atoms with Crippen LogP contribution in [-0.2, 0) is 16.1 Å². The van der Waals surface area contributed by atoms with Crippen molar-refractivity contribution in [3.8, 4) is 11.5 Å². The lowest BCUT2D eigenvalue weighted by Gasteiger charge is -2.10. The van der Waals surface area contributed by atoms with Crippen molar-refractivity contribution in [1.29, 1.82) is 0 Å². The smallest absolute Gasteiger partial charge is 0.267 e. The minimum atomic E-state index is -0.323. The molecule has 0 unspecified atom stereocenters. The van der Waals surface area contributed by atoms with Crippen molar-refractivity contribution < 1.29 is 19.1 Å². The Bertz CT molecular complexity index is 1010. The molecule has 1 heterocycles. The maximum atomic E-state index is 12.1. The van der Waals surface area contributed by atoms with Gasteiger partial charge in [0, 0.05) is 18.5 Å². The van der Waals surface area contributed by atoms with E-state index in [0.29, 0.717) is 6.61 Å². The number of nitrogens with zero attached hydrogens (tertiary/aromatic N) is 1. The summed E-state index contributed by atoms with van der Waals surface area (Å²) in [5.41, 5.74) is 6.55. The van der Waals surface area contributed by atoms with Gasteiger partial charge in [0.1, 0.15) is 11.5 Å². The van der Waals surface area contributed by atoms with Crippen molar-refractivity contribution >= 4 is 11.5 Å². The van der Waals surface area contributed by atoms with E-state index in [1.165, 1.54) is 6.08 Å². The number of ether oxygens (including phenoxy) is 2. The third-order valence-electron chi connectivity index (χ3n) is 4.92. The number of carbonyl (C=O) groups excluding carboxylic acids is 1. The Labute approximate surface area is 194 Å². The number of hydroxylamine groups is 1. The number of allylic oxidation sites excluding steroid dienone is 2. The number of hydrogen-bond donors (Lipinski definition) is 1. The molecule has 0 atom stereocenters. The van der Waals surface area contributed by atoms with Crippen LogP contribution in [0.15, 0.2) is 91.3 Å². The van der Waals surface area contributed by atoms with Gasteiger partial charge in [0.25, 0.3) is 5.91 Å². The van der Waals surface area contributed by atoms with Gasteiger partial charge in [-0.25, -0.2) is 5.48 Å². The molecule has 1 N–H and O–H groups in total. The number of rotatable bonds is 11. The van der Waals surface area contributed by atoms with E-state index in [1.54, 1.807) is 26.5 Å². The van der Waals surface area contributed by atoms with Crippen LogP contribution in [0.1, 0.15) is 23.1 Å². The van der Waals surface area contributed by atoms with Crippen molar-refractivity contribution in [2.45, 2.75) is 12.8 Å². The molecule has 0 radical (unpaired) electrons. The zero-order chi connectivity index (χ0) is 23.3. The summed E-state index contributed by atoms with van der Waals surface area (Å²) >= 11 is 0. The third-order valence-corrected chi connectivity index (χ3v) is 4.92. The molecule has 3 aromatic rings. The minimum Gasteiger partial charge on any atom is -0.497 e. The highest BCUT2D eigenvalue weighted by Crippen LogP contribution is 2.27. The van der Waals surface area contributed by atoms with E-state index in [4.69, 9.17) is 14.3 Å². The van der Waals surface area contributed by atoms with Crippen molar-refractivity contribution in [3.05, 3.63) is 108 Å². The fourth-order valence-electron chi connectivity index (χ4n) is 3.18. The summed E-state index contributed by atoms with van der Waals surface area (Å²) in [5, 5.41) is 0. The molecule has 3 rings (SSSR count). The number of aromatic nitrogens is 1. The topological polar surface area (TPSA) is 69.7 Å². The first kappa shape index (κ1) is 23.8. The van der Waals surface area contributed by atoms with Gasteiger partial charge < -0.3 is 9.47 Å². The summed E-state index contributed by atoms with van der Waals surface area (Å²) in [5.74, 6) is 1.24. The van der Waals surface area contributed by atoms with E-state index < -0.39 is 0 Å². The summed E-state index contributed by atoms with van der Waals surface area (Å²) in [6, 6.07) is 19.5. The molecule has 0 aliphatic carbocycles. The van der Waals surface area contributed by atoms with Crippen LogP contribution in [0.5, 0.6) is 11.5 Å². The average Bonchev–Trinajstić information content (AvgIpc) is 2.87. The standard InChI is InChI=1S/C27H28N2O4/c1-31-24-14-10-22(11-15-24)26(23-12-16-25(32-2)17-13-23)8-3-9-27(30)29-33-19-5-7-21-6-4-18-28-20-21/h3-4,6,8-18,20H,5,7,19H2,1-2H3,(H,29,30). The Hall–Kier alpha value is -3.90. The van der Waals surface area contributed by atoms with Gasteiger partial charge in [-0.15, -0.1) is 0 Å². The van der Waals surface area contributed by atoms with Gasteiger partial charge in [-0.3, -0.25) is 14.6 Å². The Balaban J connectivity index is 1.60. The molecule has 2 aromatic carbocycles. The molecule has 6 heteroatoms. The number of benzene rings is 2. The van der Waals surface area contributed by atoms with Crippen molar-refractivity contribution in [1.82, 2.24) is 10.5 Å². The zero-order valence-electron chi connectivity index (χ0n) is 18.9. The summed E-state index contributed by atoms with van der Waals surface area (Å²) in [6.45, 7) is 0.424. The third kappa shape index (κ3) is 7.63. The highest BCUT2D eigenvalue weighted by Gasteiger charge is 2.06. The Morgan fingerprint density at radius 2 is 1.58 bits per heavy atom. The number of carbonyl (C=O) groups is 1. The van der Waals surface area contributed by atoms with Crippen LogP contribution in [0.4, 0.5) is 0 Å². The zero-order valence-corrected chi connectivity index (χ0v) is 18.9. The second-order valence-corrected chi connectivity index (χ2v) is 7.18. The van der Waals surface area contributed by atoms with Gasteiger partial charge in [0.15, 0.2) is 0 Å². The highest BCUT2D eigenvalue weighted by molar-refractivity contribution is 5.88. The monoisotopic (exact) mass is 444 g/mol. The second-order valence-electron chi connectivity index (χ2n) is 7.18. The van der Waals surface area contributed by atoms with Crippen molar-refractivity contribution in [2.24, 2.45) is 0 Å². The molecule has 0 bridgehead atoms. The largest absolute Gasteiger partial charge is 0.497 e. The van der Waals surface area contributed by atoms with Gasteiger partial charge in [-0.05, 0) is 65.4 Å². The molecule has 1 aromatic heterocycles. The van der Waals surface area contributed by atoms with E-state index in [1.807, 2.05) is 72.9 Å². The number of hydrogen-bond acceptors (Lipinski definition) is 5. The van der Waals surface area contributed by atoms with Crippen LogP contribution < -0.4 is 15.0 Å². The normalized spacial score (nSPS) is 10.6. The molecule has 33 heavy (non-hydrogen) atoms. The fraction of sp³-hybridized carbons (Fsp3) is 0.185. The van der Waals surface area contributed by atoms with E-state index in [9.17, 15) is 4.79 Å². The van der Waals surface area contributed by atoms with Crippen LogP contribution in [-0.4, -0.2) is 31.7 Å². The lowest BCUT2D eigenvalue weighted by atomic mass is 9.97. The molecule has 0 fully saturated rings. The maximum Gasteiger partial charge on any atom is 0.267 e. The summed E-state index contributed by atoms with van der Waals surface area (Å²) < 4.78 is 10.5. The first-order chi connectivity index (χ1) is 16.2. The van der Waals surface area contributed by atoms with E-state index in [0.717, 1.165) is 46.6 Å². The average molecular weight is 445 g/mol. The van der Waals surface area contributed by atoms with Gasteiger partial charge in [-0.1, -0.05) is 42.5 Å².